The molecule has 0 radical (unpaired) electrons. The van der Waals surface area contributed by atoms with Crippen LogP contribution in [-0.2, 0) is 10.0 Å². The Morgan fingerprint density at radius 3 is 2.21 bits per heavy atom. The molecule has 19 heavy (non-hydrogen) atoms. The minimum atomic E-state index is -3.90. The van der Waals surface area contributed by atoms with Gasteiger partial charge in [-0.05, 0) is 31.4 Å². The molecule has 0 unspecified atom stereocenters. The van der Waals surface area contributed by atoms with Crippen molar-refractivity contribution in [1.82, 2.24) is 4.72 Å². The first-order chi connectivity index (χ1) is 8.80. The first-order valence-corrected chi connectivity index (χ1v) is 7.93. The van der Waals surface area contributed by atoms with E-state index in [1.165, 1.54) is 12.1 Å². The molecule has 0 aliphatic heterocycles. The molecule has 5 nitrogen and oxygen atoms in total. The van der Waals surface area contributed by atoms with E-state index in [-0.39, 0.29) is 27.2 Å². The number of halogens is 2. The Kier molecular flexibility index (Phi) is 3.99. The predicted octanol–water partition coefficient (Wildman–Crippen LogP) is 1.77. The van der Waals surface area contributed by atoms with Gasteiger partial charge < -0.3 is 10.8 Å². The molecule has 1 aromatic rings. The van der Waals surface area contributed by atoms with Crippen LogP contribution in [0.4, 0.5) is 5.69 Å². The SMILES string of the molecule is Nc1cc(Cl)c(S(=O)(=O)NC2(CO)CCC2)c(Cl)c1. The number of aliphatic hydroxyl groups excluding tert-OH is 1. The minimum Gasteiger partial charge on any atom is -0.399 e. The fourth-order valence-electron chi connectivity index (χ4n) is 2.07. The molecule has 0 heterocycles. The lowest BCUT2D eigenvalue weighted by molar-refractivity contribution is 0.110. The van der Waals surface area contributed by atoms with Crippen LogP contribution in [0.1, 0.15) is 19.3 Å². The van der Waals surface area contributed by atoms with Crippen LogP contribution < -0.4 is 10.5 Å². The molecule has 0 saturated heterocycles. The van der Waals surface area contributed by atoms with Crippen LogP contribution in [-0.4, -0.2) is 25.7 Å². The van der Waals surface area contributed by atoms with Crippen LogP contribution in [0.25, 0.3) is 0 Å². The lowest BCUT2D eigenvalue weighted by atomic mass is 9.78. The lowest BCUT2D eigenvalue weighted by Gasteiger charge is -2.40. The Labute approximate surface area is 121 Å². The zero-order valence-electron chi connectivity index (χ0n) is 9.99. The van der Waals surface area contributed by atoms with Crippen LogP contribution in [0.5, 0.6) is 0 Å². The number of nitrogen functional groups attached to an aromatic ring is 1. The van der Waals surface area contributed by atoms with E-state index in [9.17, 15) is 13.5 Å². The first-order valence-electron chi connectivity index (χ1n) is 5.69. The summed E-state index contributed by atoms with van der Waals surface area (Å²) in [5, 5.41) is 9.24. The number of hydrogen-bond acceptors (Lipinski definition) is 4. The normalized spacial score (nSPS) is 18.1. The summed E-state index contributed by atoms with van der Waals surface area (Å²) >= 11 is 11.8. The Hall–Kier alpha value is -0.530. The fraction of sp³-hybridized carbons (Fsp3) is 0.455. The molecule has 1 aliphatic carbocycles. The molecular weight excluding hydrogens is 311 g/mol. The summed E-state index contributed by atoms with van der Waals surface area (Å²) in [5.41, 5.74) is 5.03. The third kappa shape index (κ3) is 2.83. The van der Waals surface area contributed by atoms with Crippen LogP contribution in [0.15, 0.2) is 17.0 Å². The summed E-state index contributed by atoms with van der Waals surface area (Å²) in [4.78, 5) is -0.204. The number of rotatable bonds is 4. The van der Waals surface area contributed by atoms with Gasteiger partial charge in [0.05, 0.1) is 22.2 Å². The van der Waals surface area contributed by atoms with Crippen LogP contribution in [0.2, 0.25) is 10.0 Å². The third-order valence-corrected chi connectivity index (χ3v) is 5.75. The number of benzene rings is 1. The van der Waals surface area contributed by atoms with Crippen molar-refractivity contribution in [2.75, 3.05) is 12.3 Å². The van der Waals surface area contributed by atoms with E-state index in [1.54, 1.807) is 0 Å². The quantitative estimate of drug-likeness (QED) is 0.736. The van der Waals surface area contributed by atoms with Gasteiger partial charge in [-0.2, -0.15) is 0 Å². The molecule has 1 aromatic carbocycles. The van der Waals surface area contributed by atoms with Gasteiger partial charge in [0.2, 0.25) is 10.0 Å². The van der Waals surface area contributed by atoms with Gasteiger partial charge in [-0.3, -0.25) is 0 Å². The van der Waals surface area contributed by atoms with E-state index in [2.05, 4.69) is 4.72 Å². The van der Waals surface area contributed by atoms with Gasteiger partial charge in [0.1, 0.15) is 4.90 Å². The van der Waals surface area contributed by atoms with Crippen LogP contribution in [0, 0.1) is 0 Å². The van der Waals surface area contributed by atoms with E-state index in [0.717, 1.165) is 6.42 Å². The van der Waals surface area contributed by atoms with Crippen molar-refractivity contribution in [3.63, 3.8) is 0 Å². The smallest absolute Gasteiger partial charge is 0.244 e. The number of sulfonamides is 1. The van der Waals surface area contributed by atoms with Crippen molar-refractivity contribution in [3.05, 3.63) is 22.2 Å². The summed E-state index contributed by atoms with van der Waals surface area (Å²) in [6, 6.07) is 2.66. The maximum atomic E-state index is 12.3. The van der Waals surface area contributed by atoms with Crippen molar-refractivity contribution in [2.45, 2.75) is 29.7 Å². The topological polar surface area (TPSA) is 92.4 Å². The van der Waals surface area contributed by atoms with Gasteiger partial charge in [-0.25, -0.2) is 13.1 Å². The summed E-state index contributed by atoms with van der Waals surface area (Å²) in [7, 11) is -3.90. The van der Waals surface area contributed by atoms with Crippen LogP contribution in [0.3, 0.4) is 0 Å². The maximum absolute atomic E-state index is 12.3. The zero-order valence-corrected chi connectivity index (χ0v) is 12.3. The first kappa shape index (κ1) is 14.9. The fourth-order valence-corrected chi connectivity index (χ4v) is 4.75. The van der Waals surface area contributed by atoms with Crippen molar-refractivity contribution < 1.29 is 13.5 Å². The Morgan fingerprint density at radius 2 is 1.84 bits per heavy atom. The zero-order chi connectivity index (χ0) is 14.3. The van der Waals surface area contributed by atoms with E-state index in [1.807, 2.05) is 0 Å². The van der Waals surface area contributed by atoms with Gasteiger partial charge in [0.15, 0.2) is 0 Å². The Balaban J connectivity index is 2.40. The molecule has 1 saturated carbocycles. The molecule has 4 N–H and O–H groups in total. The Bertz CT molecular complexity index is 571. The van der Waals surface area contributed by atoms with Gasteiger partial charge in [0.25, 0.3) is 0 Å². The highest BCUT2D eigenvalue weighted by atomic mass is 35.5. The standard InChI is InChI=1S/C11H14Cl2N2O3S/c12-8-4-7(14)5-9(13)10(8)19(17,18)15-11(6-16)2-1-3-11/h4-5,15-16H,1-3,6,14H2. The van der Waals surface area contributed by atoms with E-state index in [0.29, 0.717) is 12.8 Å². The van der Waals surface area contributed by atoms with Crippen molar-refractivity contribution >= 4 is 38.9 Å². The summed E-state index contributed by atoms with van der Waals surface area (Å²) in [5.74, 6) is 0. The Morgan fingerprint density at radius 1 is 1.32 bits per heavy atom. The number of nitrogens with two attached hydrogens (primary N) is 1. The second-order valence-corrected chi connectivity index (χ2v) is 7.14. The summed E-state index contributed by atoms with van der Waals surface area (Å²) in [6.07, 6.45) is 2.05. The molecular formula is C11H14Cl2N2O3S. The average Bonchev–Trinajstić information content (AvgIpc) is 2.21. The van der Waals surface area contributed by atoms with Gasteiger partial charge >= 0.3 is 0 Å². The highest BCUT2D eigenvalue weighted by molar-refractivity contribution is 7.89. The van der Waals surface area contributed by atoms with E-state index in [4.69, 9.17) is 28.9 Å². The van der Waals surface area contributed by atoms with Gasteiger partial charge in [0, 0.05) is 5.69 Å². The molecule has 0 bridgehead atoms. The molecule has 0 spiro atoms. The molecule has 1 fully saturated rings. The second-order valence-electron chi connectivity index (χ2n) is 4.71. The number of nitrogens with one attached hydrogen (secondary N) is 1. The van der Waals surface area contributed by atoms with E-state index < -0.39 is 15.6 Å². The summed E-state index contributed by atoms with van der Waals surface area (Å²) < 4.78 is 27.1. The van der Waals surface area contributed by atoms with Crippen molar-refractivity contribution in [1.29, 1.82) is 0 Å². The van der Waals surface area contributed by atoms with Crippen molar-refractivity contribution in [2.24, 2.45) is 0 Å². The minimum absolute atomic E-state index is 0.0371. The molecule has 0 atom stereocenters. The lowest BCUT2D eigenvalue weighted by Crippen LogP contribution is -2.56. The molecule has 0 amide bonds. The highest BCUT2D eigenvalue weighted by Crippen LogP contribution is 2.36. The number of hydrogen-bond donors (Lipinski definition) is 3. The molecule has 106 valence electrons. The number of aliphatic hydroxyl groups is 1. The summed E-state index contributed by atoms with van der Waals surface area (Å²) in [6.45, 7) is -0.254. The van der Waals surface area contributed by atoms with Gasteiger partial charge in [-0.15, -0.1) is 0 Å². The monoisotopic (exact) mass is 324 g/mol. The predicted molar refractivity (Wildman–Crippen MR) is 74.9 cm³/mol. The van der Waals surface area contributed by atoms with Crippen molar-refractivity contribution in [3.8, 4) is 0 Å². The maximum Gasteiger partial charge on any atom is 0.244 e. The molecule has 8 heteroatoms. The van der Waals surface area contributed by atoms with E-state index >= 15 is 0 Å². The molecule has 1 aliphatic rings. The largest absolute Gasteiger partial charge is 0.399 e. The third-order valence-electron chi connectivity index (χ3n) is 3.25. The number of anilines is 1. The average molecular weight is 325 g/mol. The second kappa shape index (κ2) is 5.10. The molecule has 2 rings (SSSR count). The molecule has 0 aromatic heterocycles. The highest BCUT2D eigenvalue weighted by Gasteiger charge is 2.41. The van der Waals surface area contributed by atoms with Crippen LogP contribution >= 0.6 is 23.2 Å². The van der Waals surface area contributed by atoms with Gasteiger partial charge in [-0.1, -0.05) is 23.2 Å².